The summed E-state index contributed by atoms with van der Waals surface area (Å²) in [6, 6.07) is 14.3. The number of aromatic nitrogens is 1. The van der Waals surface area contributed by atoms with Crippen molar-refractivity contribution in [1.82, 2.24) is 4.98 Å². The smallest absolute Gasteiger partial charge is 0.264 e. The number of hydrogen-bond donors (Lipinski definition) is 0. The van der Waals surface area contributed by atoms with Gasteiger partial charge in [0.1, 0.15) is 0 Å². The molecule has 1 aromatic heterocycles. The zero-order valence-electron chi connectivity index (χ0n) is 14.1. The zero-order chi connectivity index (χ0) is 17.6. The summed E-state index contributed by atoms with van der Waals surface area (Å²) in [7, 11) is -3.66. The van der Waals surface area contributed by atoms with Crippen molar-refractivity contribution in [2.24, 2.45) is 0 Å². The molecule has 25 heavy (non-hydrogen) atoms. The first-order chi connectivity index (χ1) is 12.0. The molecular weight excluding hydrogens is 336 g/mol. The molecule has 0 atom stereocenters. The van der Waals surface area contributed by atoms with Crippen molar-refractivity contribution in [3.63, 3.8) is 0 Å². The first kappa shape index (κ1) is 15.9. The summed E-state index contributed by atoms with van der Waals surface area (Å²) in [5.41, 5.74) is 3.20. The number of para-hydroxylation sites is 1. The summed E-state index contributed by atoms with van der Waals surface area (Å²) in [6.07, 6.45) is 0.506. The molecule has 0 bridgehead atoms. The van der Waals surface area contributed by atoms with E-state index in [4.69, 9.17) is 4.42 Å². The van der Waals surface area contributed by atoms with Crippen molar-refractivity contribution in [1.29, 1.82) is 0 Å². The number of benzene rings is 2. The van der Waals surface area contributed by atoms with Crippen LogP contribution in [-0.2, 0) is 16.4 Å². The average molecular weight is 354 g/mol. The number of oxazole rings is 1. The fraction of sp³-hybridized carbons (Fsp3) is 0.211. The third-order valence-electron chi connectivity index (χ3n) is 4.38. The standard InChI is InChI=1S/C19H18N2O3S/c1-13-7-9-15(10-8-13)25(22,23)21-12-11-17-19(24-14(2)20-17)16-5-3-4-6-18(16)21/h3-10H,11-12H2,1-2H3. The normalized spacial score (nSPS) is 13.9. The van der Waals surface area contributed by atoms with Gasteiger partial charge < -0.3 is 4.42 Å². The third-order valence-corrected chi connectivity index (χ3v) is 6.21. The van der Waals surface area contributed by atoms with E-state index < -0.39 is 10.0 Å². The van der Waals surface area contributed by atoms with Crippen LogP contribution in [-0.4, -0.2) is 19.9 Å². The van der Waals surface area contributed by atoms with Crippen LogP contribution in [0.1, 0.15) is 17.1 Å². The van der Waals surface area contributed by atoms with Crippen LogP contribution in [0.5, 0.6) is 0 Å². The molecule has 1 aliphatic rings. The summed E-state index contributed by atoms with van der Waals surface area (Å²) in [6.45, 7) is 4.06. The van der Waals surface area contributed by atoms with Gasteiger partial charge in [-0.2, -0.15) is 0 Å². The maximum atomic E-state index is 13.2. The lowest BCUT2D eigenvalue weighted by Gasteiger charge is -2.24. The maximum Gasteiger partial charge on any atom is 0.264 e. The number of rotatable bonds is 2. The lowest BCUT2D eigenvalue weighted by molar-refractivity contribution is 0.534. The minimum absolute atomic E-state index is 0.288. The molecule has 2 aromatic carbocycles. The van der Waals surface area contributed by atoms with E-state index in [1.165, 1.54) is 4.31 Å². The summed E-state index contributed by atoms with van der Waals surface area (Å²) in [5, 5.41) is 0. The summed E-state index contributed by atoms with van der Waals surface area (Å²) >= 11 is 0. The highest BCUT2D eigenvalue weighted by Gasteiger charge is 2.31. The van der Waals surface area contributed by atoms with Crippen molar-refractivity contribution in [2.45, 2.75) is 25.2 Å². The molecule has 0 unspecified atom stereocenters. The van der Waals surface area contributed by atoms with E-state index in [2.05, 4.69) is 4.98 Å². The topological polar surface area (TPSA) is 63.4 Å². The van der Waals surface area contributed by atoms with Crippen LogP contribution < -0.4 is 4.31 Å². The first-order valence-electron chi connectivity index (χ1n) is 8.12. The molecule has 5 nitrogen and oxygen atoms in total. The van der Waals surface area contributed by atoms with Crippen LogP contribution in [0.15, 0.2) is 57.8 Å². The van der Waals surface area contributed by atoms with Gasteiger partial charge in [0.25, 0.3) is 10.0 Å². The van der Waals surface area contributed by atoms with E-state index in [1.54, 1.807) is 19.1 Å². The molecule has 0 amide bonds. The Morgan fingerprint density at radius 1 is 1.04 bits per heavy atom. The molecule has 0 aliphatic carbocycles. The molecule has 2 heterocycles. The Balaban J connectivity index is 1.88. The quantitative estimate of drug-likeness (QED) is 0.704. The first-order valence-corrected chi connectivity index (χ1v) is 9.56. The maximum absolute atomic E-state index is 13.2. The van der Waals surface area contributed by atoms with E-state index in [0.29, 0.717) is 30.3 Å². The molecule has 1 aliphatic heterocycles. The summed E-state index contributed by atoms with van der Waals surface area (Å²) < 4.78 is 33.7. The van der Waals surface area contributed by atoms with Crippen LogP contribution in [0.3, 0.4) is 0 Å². The predicted molar refractivity (Wildman–Crippen MR) is 96.1 cm³/mol. The van der Waals surface area contributed by atoms with Crippen molar-refractivity contribution < 1.29 is 12.8 Å². The number of sulfonamides is 1. The van der Waals surface area contributed by atoms with Crippen LogP contribution >= 0.6 is 0 Å². The minimum atomic E-state index is -3.66. The van der Waals surface area contributed by atoms with E-state index in [9.17, 15) is 8.42 Å². The Hall–Kier alpha value is -2.60. The largest absolute Gasteiger partial charge is 0.441 e. The van der Waals surface area contributed by atoms with Gasteiger partial charge in [-0.3, -0.25) is 4.31 Å². The van der Waals surface area contributed by atoms with Gasteiger partial charge >= 0.3 is 0 Å². The summed E-state index contributed by atoms with van der Waals surface area (Å²) in [4.78, 5) is 4.71. The summed E-state index contributed by atoms with van der Waals surface area (Å²) in [5.74, 6) is 1.25. The minimum Gasteiger partial charge on any atom is -0.441 e. The fourth-order valence-corrected chi connectivity index (χ4v) is 4.63. The lowest BCUT2D eigenvalue weighted by atomic mass is 10.1. The van der Waals surface area contributed by atoms with Gasteiger partial charge in [-0.25, -0.2) is 13.4 Å². The number of fused-ring (bicyclic) bond motifs is 3. The number of nitrogens with zero attached hydrogens (tertiary/aromatic N) is 2. The zero-order valence-corrected chi connectivity index (χ0v) is 14.9. The number of aryl methyl sites for hydroxylation is 2. The molecule has 0 saturated carbocycles. The van der Waals surface area contributed by atoms with E-state index >= 15 is 0 Å². The third kappa shape index (κ3) is 2.62. The van der Waals surface area contributed by atoms with Crippen molar-refractivity contribution in [2.75, 3.05) is 10.8 Å². The monoisotopic (exact) mass is 354 g/mol. The molecule has 128 valence electrons. The second kappa shape index (κ2) is 5.74. The highest BCUT2D eigenvalue weighted by atomic mass is 32.2. The van der Waals surface area contributed by atoms with Crippen LogP contribution in [0.2, 0.25) is 0 Å². The second-order valence-electron chi connectivity index (χ2n) is 6.17. The van der Waals surface area contributed by atoms with Gasteiger partial charge in [-0.1, -0.05) is 29.8 Å². The highest BCUT2D eigenvalue weighted by molar-refractivity contribution is 7.92. The van der Waals surface area contributed by atoms with Crippen LogP contribution in [0, 0.1) is 13.8 Å². The Bertz CT molecular complexity index is 1040. The Kier molecular flexibility index (Phi) is 3.65. The predicted octanol–water partition coefficient (Wildman–Crippen LogP) is 3.71. The molecule has 0 radical (unpaired) electrons. The Morgan fingerprint density at radius 3 is 2.52 bits per heavy atom. The number of anilines is 1. The molecular formula is C19H18N2O3S. The Morgan fingerprint density at radius 2 is 1.76 bits per heavy atom. The SMILES string of the molecule is Cc1ccc(S(=O)(=O)N2CCc3nc(C)oc3-c3ccccc32)cc1. The molecule has 0 saturated heterocycles. The molecule has 4 rings (SSSR count). The Labute approximate surface area is 147 Å². The average Bonchev–Trinajstić information content (AvgIpc) is 2.89. The van der Waals surface area contributed by atoms with Crippen LogP contribution in [0.25, 0.3) is 11.3 Å². The van der Waals surface area contributed by atoms with E-state index in [-0.39, 0.29) is 4.90 Å². The highest BCUT2D eigenvalue weighted by Crippen LogP contribution is 2.39. The van der Waals surface area contributed by atoms with Crippen molar-refractivity contribution in [3.05, 3.63) is 65.7 Å². The van der Waals surface area contributed by atoms with Gasteiger partial charge in [0.05, 0.1) is 16.3 Å². The van der Waals surface area contributed by atoms with Gasteiger partial charge in [0.2, 0.25) is 0 Å². The van der Waals surface area contributed by atoms with Gasteiger partial charge in [-0.05, 0) is 31.2 Å². The fourth-order valence-electron chi connectivity index (χ4n) is 3.15. The van der Waals surface area contributed by atoms with Crippen molar-refractivity contribution in [3.8, 4) is 11.3 Å². The molecule has 0 fully saturated rings. The molecule has 0 spiro atoms. The van der Waals surface area contributed by atoms with Crippen molar-refractivity contribution >= 4 is 15.7 Å². The number of hydrogen-bond acceptors (Lipinski definition) is 4. The molecule has 0 N–H and O–H groups in total. The van der Waals surface area contributed by atoms with Gasteiger partial charge in [0.15, 0.2) is 11.7 Å². The molecule has 6 heteroatoms. The van der Waals surface area contributed by atoms with Crippen LogP contribution in [0.4, 0.5) is 5.69 Å². The van der Waals surface area contributed by atoms with Gasteiger partial charge in [-0.15, -0.1) is 0 Å². The lowest BCUT2D eigenvalue weighted by Crippen LogP contribution is -2.32. The van der Waals surface area contributed by atoms with E-state index in [1.807, 2.05) is 43.3 Å². The van der Waals surface area contributed by atoms with E-state index in [0.717, 1.165) is 16.8 Å². The molecule has 3 aromatic rings. The van der Waals surface area contributed by atoms with Gasteiger partial charge in [0, 0.05) is 25.5 Å². The second-order valence-corrected chi connectivity index (χ2v) is 8.03.